The molecule has 0 amide bonds. The van der Waals surface area contributed by atoms with Crippen LogP contribution < -0.4 is 0 Å². The second-order valence-electron chi connectivity index (χ2n) is 19.7. The van der Waals surface area contributed by atoms with Crippen molar-refractivity contribution in [3.8, 4) is 0 Å². The van der Waals surface area contributed by atoms with Crippen LogP contribution in [-0.4, -0.2) is 103 Å². The zero-order valence-electron chi connectivity index (χ0n) is 32.8. The number of aliphatic hydroxyl groups is 6. The van der Waals surface area contributed by atoms with Crippen LogP contribution in [0.1, 0.15) is 105 Å². The summed E-state index contributed by atoms with van der Waals surface area (Å²) in [4.78, 5) is 52.3. The van der Waals surface area contributed by atoms with E-state index in [0.717, 1.165) is 11.1 Å². The largest absolute Gasteiger partial charge is 0.698 e. The molecule has 8 rings (SSSR count). The van der Waals surface area contributed by atoms with Gasteiger partial charge in [0.25, 0.3) is 0 Å². The lowest BCUT2D eigenvalue weighted by Gasteiger charge is -2.61. The van der Waals surface area contributed by atoms with Gasteiger partial charge in [-0.05, 0) is 112 Å². The highest BCUT2D eigenvalue weighted by molar-refractivity contribution is 7.33. The lowest BCUT2D eigenvalue weighted by atomic mass is 9.45. The number of carbonyl (C=O) groups excluding carboxylic acids is 4. The van der Waals surface area contributed by atoms with Crippen LogP contribution >= 0.6 is 8.25 Å². The van der Waals surface area contributed by atoms with E-state index in [-0.39, 0.29) is 73.8 Å². The topological polar surface area (TPSA) is 225 Å². The van der Waals surface area contributed by atoms with E-state index in [9.17, 15) is 54.4 Å². The van der Waals surface area contributed by atoms with Gasteiger partial charge in [0.15, 0.2) is 23.1 Å². The van der Waals surface area contributed by atoms with E-state index in [2.05, 4.69) is 0 Å². The monoisotopic (exact) mass is 801 g/mol. The standard InChI is InChI=1S/C42H58O13P/c1-37-17-29(47)35-25(27(37)9-11-41(37,51)31(49)19-43)7-5-21-13-23(45)15-33(39(21,35)3)54-56(53)55-34-16-24(46)14-22-6-8-26-28-10-12-42(52,32(50)20-44)38(28,2)18-30(48)36(26)40(22,34)4/h13-14,25-30,33-36,43-44,47-48,51-52H,5-12,15-20H2,1-4H3/q+1/t25-,26-,27-,28-,29-,30-,33?,34?,35+,36+,37-,38-,39+,40+,41-,42-/m0/s1. The highest BCUT2D eigenvalue weighted by Crippen LogP contribution is 2.70. The van der Waals surface area contributed by atoms with Gasteiger partial charge in [-0.3, -0.25) is 19.2 Å². The third-order valence-corrected chi connectivity index (χ3v) is 18.7. The molecule has 8 aliphatic carbocycles. The number of hydrogen-bond donors (Lipinski definition) is 6. The Hall–Kier alpha value is -2.06. The Labute approximate surface area is 328 Å². The smallest absolute Gasteiger partial charge is 0.393 e. The lowest BCUT2D eigenvalue weighted by molar-refractivity contribution is -0.191. The van der Waals surface area contributed by atoms with Crippen molar-refractivity contribution >= 4 is 31.4 Å². The van der Waals surface area contributed by atoms with Crippen LogP contribution in [-0.2, 0) is 32.8 Å². The highest BCUT2D eigenvalue weighted by Gasteiger charge is 2.72. The quantitative estimate of drug-likeness (QED) is 0.194. The van der Waals surface area contributed by atoms with Gasteiger partial charge in [-0.2, -0.15) is 0 Å². The van der Waals surface area contributed by atoms with Crippen molar-refractivity contribution in [3.63, 3.8) is 0 Å². The van der Waals surface area contributed by atoms with Gasteiger partial charge in [0.1, 0.15) is 36.6 Å². The molecule has 6 N–H and O–H groups in total. The molecule has 308 valence electrons. The summed E-state index contributed by atoms with van der Waals surface area (Å²) in [5, 5.41) is 66.8. The van der Waals surface area contributed by atoms with E-state index in [1.807, 2.05) is 27.7 Å². The molecule has 0 spiro atoms. The van der Waals surface area contributed by atoms with Crippen LogP contribution in [0.5, 0.6) is 0 Å². The zero-order valence-corrected chi connectivity index (χ0v) is 33.7. The van der Waals surface area contributed by atoms with E-state index in [4.69, 9.17) is 9.05 Å². The van der Waals surface area contributed by atoms with Gasteiger partial charge in [0, 0.05) is 39.1 Å². The van der Waals surface area contributed by atoms with Gasteiger partial charge >= 0.3 is 8.25 Å². The number of ketones is 4. The van der Waals surface area contributed by atoms with E-state index < -0.39 is 102 Å². The summed E-state index contributed by atoms with van der Waals surface area (Å²) >= 11 is 0. The van der Waals surface area contributed by atoms with Gasteiger partial charge < -0.3 is 30.6 Å². The van der Waals surface area contributed by atoms with Crippen molar-refractivity contribution in [3.05, 3.63) is 23.3 Å². The Morgan fingerprint density at radius 2 is 1.07 bits per heavy atom. The molecule has 0 aromatic carbocycles. The molecule has 0 heterocycles. The first-order valence-corrected chi connectivity index (χ1v) is 21.7. The molecule has 0 bridgehead atoms. The second-order valence-corrected chi connectivity index (χ2v) is 20.5. The Kier molecular flexibility index (Phi) is 9.80. The fourth-order valence-electron chi connectivity index (χ4n) is 15.1. The van der Waals surface area contributed by atoms with Crippen LogP contribution in [0.2, 0.25) is 0 Å². The third kappa shape index (κ3) is 5.27. The Morgan fingerprint density at radius 3 is 1.43 bits per heavy atom. The molecular formula is C42H58O13P+. The van der Waals surface area contributed by atoms with Crippen LogP contribution in [0.15, 0.2) is 23.3 Å². The summed E-state index contributed by atoms with van der Waals surface area (Å²) in [5.41, 5.74) is -5.82. The molecule has 16 atom stereocenters. The van der Waals surface area contributed by atoms with Crippen molar-refractivity contribution < 1.29 is 63.4 Å². The van der Waals surface area contributed by atoms with E-state index in [0.29, 0.717) is 38.5 Å². The molecule has 13 nitrogen and oxygen atoms in total. The average Bonchev–Trinajstić information content (AvgIpc) is 3.57. The van der Waals surface area contributed by atoms with Crippen LogP contribution in [0, 0.1) is 57.2 Å². The summed E-state index contributed by atoms with van der Waals surface area (Å²) in [7, 11) is -2.96. The van der Waals surface area contributed by atoms with Gasteiger partial charge in [-0.15, -0.1) is 9.05 Å². The van der Waals surface area contributed by atoms with E-state index in [1.54, 1.807) is 12.2 Å². The fraction of sp³-hybridized carbons (Fsp3) is 0.810. The number of rotatable bonds is 8. The number of carbonyl (C=O) groups is 4. The molecule has 8 aliphatic rings. The maximum Gasteiger partial charge on any atom is 0.698 e. The highest BCUT2D eigenvalue weighted by atomic mass is 31.1. The number of fused-ring (bicyclic) bond motifs is 10. The van der Waals surface area contributed by atoms with Crippen LogP contribution in [0.4, 0.5) is 0 Å². The van der Waals surface area contributed by atoms with Crippen LogP contribution in [0.3, 0.4) is 0 Å². The second kappa shape index (κ2) is 13.5. The van der Waals surface area contributed by atoms with Crippen molar-refractivity contribution in [1.29, 1.82) is 0 Å². The predicted molar refractivity (Wildman–Crippen MR) is 198 cm³/mol. The molecule has 0 radical (unpaired) electrons. The first-order chi connectivity index (χ1) is 26.2. The zero-order chi connectivity index (χ0) is 40.5. The maximum absolute atomic E-state index is 14.3. The summed E-state index contributed by atoms with van der Waals surface area (Å²) in [5.74, 6) is -3.24. The number of hydrogen-bond acceptors (Lipinski definition) is 13. The van der Waals surface area contributed by atoms with Gasteiger partial charge in [-0.25, -0.2) is 0 Å². The molecule has 56 heavy (non-hydrogen) atoms. The minimum Gasteiger partial charge on any atom is -0.393 e. The summed E-state index contributed by atoms with van der Waals surface area (Å²) in [6.45, 7) is 5.92. The molecule has 2 unspecified atom stereocenters. The first kappa shape index (κ1) is 40.7. The molecule has 0 aromatic heterocycles. The molecular weight excluding hydrogens is 743 g/mol. The van der Waals surface area contributed by atoms with Crippen molar-refractivity contribution in [2.45, 2.75) is 140 Å². The number of aliphatic hydroxyl groups excluding tert-OH is 4. The maximum atomic E-state index is 14.3. The normalized spacial score (nSPS) is 51.0. The Morgan fingerprint density at radius 1 is 0.696 bits per heavy atom. The van der Waals surface area contributed by atoms with Gasteiger partial charge in [0.05, 0.1) is 12.2 Å². The molecule has 0 aliphatic heterocycles. The lowest BCUT2D eigenvalue weighted by Crippen LogP contribution is -2.64. The fourth-order valence-corrected chi connectivity index (χ4v) is 16.2. The van der Waals surface area contributed by atoms with Crippen molar-refractivity contribution in [1.82, 2.24) is 0 Å². The minimum absolute atomic E-state index is 0.0986. The summed E-state index contributed by atoms with van der Waals surface area (Å²) in [6.07, 6.45) is 2.93. The molecule has 14 heteroatoms. The van der Waals surface area contributed by atoms with Gasteiger partial charge in [0.2, 0.25) is 0 Å². The molecule has 6 fully saturated rings. The minimum atomic E-state index is -2.96. The molecule has 0 aromatic rings. The SMILES string of the molecule is C[C@]12C[C@H](O)[C@H]3[C@@H](CCC4=CC(=O)CC(O[P+](=O)OC5CC(=O)C=C6CC[C@@H]7[C@H]([C@@H](O)C[C@@]8(C)[C@H]7CC[C@]8(O)C(=O)CO)[C@]65C)[C@@]43C)[C@@H]1CC[C@]2(O)C(=O)CO. The Bertz CT molecular complexity index is 1680. The first-order valence-electron chi connectivity index (χ1n) is 20.6. The predicted octanol–water partition coefficient (Wildman–Crippen LogP) is 3.22. The average molecular weight is 802 g/mol. The van der Waals surface area contributed by atoms with Gasteiger partial charge in [-0.1, -0.05) is 38.8 Å². The molecule has 6 saturated carbocycles. The number of Topliss-reactive ketones (excluding diaryl/α,β-unsaturated/α-hetero) is 2. The van der Waals surface area contributed by atoms with Crippen molar-refractivity contribution in [2.24, 2.45) is 57.2 Å². The van der Waals surface area contributed by atoms with Crippen molar-refractivity contribution in [2.75, 3.05) is 13.2 Å². The van der Waals surface area contributed by atoms with E-state index >= 15 is 0 Å². The van der Waals surface area contributed by atoms with Crippen LogP contribution in [0.25, 0.3) is 0 Å². The molecule has 0 saturated heterocycles. The Balaban J connectivity index is 1.07. The summed E-state index contributed by atoms with van der Waals surface area (Å²) in [6, 6.07) is 0. The van der Waals surface area contributed by atoms with E-state index in [1.165, 1.54) is 0 Å². The summed E-state index contributed by atoms with van der Waals surface area (Å²) < 4.78 is 27.0. The third-order valence-electron chi connectivity index (χ3n) is 17.9.